The number of unbranched alkanes of at least 4 members (excludes halogenated alkanes) is 1. The molecular formula is C15H26N4O2S. The highest BCUT2D eigenvalue weighted by atomic mass is 32.2. The van der Waals surface area contributed by atoms with E-state index in [1.54, 1.807) is 0 Å². The average Bonchev–Trinajstić information content (AvgIpc) is 3.20. The Morgan fingerprint density at radius 2 is 2.09 bits per heavy atom. The van der Waals surface area contributed by atoms with Crippen LogP contribution in [0.15, 0.2) is 5.16 Å². The van der Waals surface area contributed by atoms with Crippen molar-refractivity contribution in [2.24, 2.45) is 0 Å². The van der Waals surface area contributed by atoms with Crippen molar-refractivity contribution in [2.45, 2.75) is 50.4 Å². The molecule has 2 fully saturated rings. The predicted octanol–water partition coefficient (Wildman–Crippen LogP) is 2.19. The zero-order chi connectivity index (χ0) is 15.2. The lowest BCUT2D eigenvalue weighted by Crippen LogP contribution is -2.38. The minimum Gasteiger partial charge on any atom is -0.378 e. The fraction of sp³-hybridized carbons (Fsp3) is 0.867. The van der Waals surface area contributed by atoms with E-state index in [2.05, 4.69) is 26.6 Å². The van der Waals surface area contributed by atoms with E-state index < -0.39 is 0 Å². The zero-order valence-electron chi connectivity index (χ0n) is 13.4. The molecule has 2 saturated heterocycles. The maximum absolute atomic E-state index is 5.82. The van der Waals surface area contributed by atoms with E-state index in [0.29, 0.717) is 6.10 Å². The normalized spacial score (nSPS) is 22.4. The van der Waals surface area contributed by atoms with Crippen molar-refractivity contribution in [3.63, 3.8) is 0 Å². The van der Waals surface area contributed by atoms with Crippen LogP contribution < -0.4 is 4.90 Å². The molecule has 3 heterocycles. The Morgan fingerprint density at radius 1 is 1.23 bits per heavy atom. The summed E-state index contributed by atoms with van der Waals surface area (Å²) >= 11 is 1.82. The number of rotatable bonds is 7. The summed E-state index contributed by atoms with van der Waals surface area (Å²) in [6.45, 7) is 7.30. The monoisotopic (exact) mass is 326 g/mol. The number of hydrogen-bond donors (Lipinski definition) is 0. The molecule has 1 atom stereocenters. The topological polar surface area (TPSA) is 52.4 Å². The summed E-state index contributed by atoms with van der Waals surface area (Å²) in [6.07, 6.45) is 5.03. The van der Waals surface area contributed by atoms with Crippen molar-refractivity contribution in [2.75, 3.05) is 43.6 Å². The Hall–Kier alpha value is -0.790. The molecule has 124 valence electrons. The van der Waals surface area contributed by atoms with Gasteiger partial charge in [-0.1, -0.05) is 25.1 Å². The average molecular weight is 326 g/mol. The first-order valence-electron chi connectivity index (χ1n) is 8.38. The van der Waals surface area contributed by atoms with E-state index in [1.165, 1.54) is 12.8 Å². The fourth-order valence-electron chi connectivity index (χ4n) is 2.84. The van der Waals surface area contributed by atoms with Crippen LogP contribution in [0.2, 0.25) is 0 Å². The molecule has 1 unspecified atom stereocenters. The van der Waals surface area contributed by atoms with Gasteiger partial charge in [-0.25, -0.2) is 0 Å². The molecule has 3 rings (SSSR count). The van der Waals surface area contributed by atoms with E-state index in [9.17, 15) is 0 Å². The van der Waals surface area contributed by atoms with E-state index in [4.69, 9.17) is 9.47 Å². The summed E-state index contributed by atoms with van der Waals surface area (Å²) in [5.41, 5.74) is 0. The van der Waals surface area contributed by atoms with E-state index >= 15 is 0 Å². The van der Waals surface area contributed by atoms with Gasteiger partial charge in [-0.05, 0) is 19.3 Å². The molecule has 0 N–H and O–H groups in total. The molecule has 7 heteroatoms. The van der Waals surface area contributed by atoms with Crippen LogP contribution in [0.4, 0.5) is 5.95 Å². The van der Waals surface area contributed by atoms with Crippen LogP contribution in [0.1, 0.15) is 32.6 Å². The molecule has 1 aromatic rings. The number of ether oxygens (including phenoxy) is 2. The Kier molecular flexibility index (Phi) is 5.97. The molecular weight excluding hydrogens is 300 g/mol. The van der Waals surface area contributed by atoms with Crippen LogP contribution in [0.25, 0.3) is 0 Å². The second-order valence-electron chi connectivity index (χ2n) is 5.83. The first-order valence-corrected chi connectivity index (χ1v) is 9.37. The van der Waals surface area contributed by atoms with Crippen molar-refractivity contribution in [3.05, 3.63) is 0 Å². The third-order valence-corrected chi connectivity index (χ3v) is 5.18. The quantitative estimate of drug-likeness (QED) is 0.565. The molecule has 2 aliphatic heterocycles. The summed E-state index contributed by atoms with van der Waals surface area (Å²) in [5, 5.41) is 9.94. The standard InChI is InChI=1S/C15H26N4O2S/c1-2-3-11-22-15-17-16-14(18-6-9-20-10-7-18)19(15)12-13-5-4-8-21-13/h13H,2-12H2,1H3. The summed E-state index contributed by atoms with van der Waals surface area (Å²) in [6, 6.07) is 0. The molecule has 0 bridgehead atoms. The number of thioether (sulfide) groups is 1. The number of aromatic nitrogens is 3. The summed E-state index contributed by atoms with van der Waals surface area (Å²) in [5.74, 6) is 2.08. The largest absolute Gasteiger partial charge is 0.378 e. The van der Waals surface area contributed by atoms with Crippen LogP contribution in [-0.4, -0.2) is 59.5 Å². The summed E-state index contributed by atoms with van der Waals surface area (Å²) < 4.78 is 13.5. The van der Waals surface area contributed by atoms with E-state index in [1.807, 2.05) is 11.8 Å². The molecule has 0 aromatic carbocycles. The van der Waals surface area contributed by atoms with Gasteiger partial charge < -0.3 is 14.4 Å². The molecule has 1 aromatic heterocycles. The first kappa shape index (κ1) is 16.1. The molecule has 0 spiro atoms. The molecule has 2 aliphatic rings. The van der Waals surface area contributed by atoms with Crippen LogP contribution >= 0.6 is 11.8 Å². The van der Waals surface area contributed by atoms with Gasteiger partial charge in [0, 0.05) is 25.4 Å². The second kappa shape index (κ2) is 8.17. The Bertz CT molecular complexity index is 456. The number of morpholine rings is 1. The van der Waals surface area contributed by atoms with Crippen molar-refractivity contribution in [1.29, 1.82) is 0 Å². The highest BCUT2D eigenvalue weighted by molar-refractivity contribution is 7.99. The van der Waals surface area contributed by atoms with Gasteiger partial charge in [-0.2, -0.15) is 0 Å². The SMILES string of the molecule is CCCCSc1nnc(N2CCOCC2)n1CC1CCCO1. The molecule has 22 heavy (non-hydrogen) atoms. The lowest BCUT2D eigenvalue weighted by atomic mass is 10.2. The third kappa shape index (κ3) is 3.94. The van der Waals surface area contributed by atoms with Crippen LogP contribution in [0, 0.1) is 0 Å². The lowest BCUT2D eigenvalue weighted by Gasteiger charge is -2.28. The fourth-order valence-corrected chi connectivity index (χ4v) is 3.87. The Balaban J connectivity index is 1.74. The number of anilines is 1. The third-order valence-electron chi connectivity index (χ3n) is 4.13. The van der Waals surface area contributed by atoms with Gasteiger partial charge >= 0.3 is 0 Å². The van der Waals surface area contributed by atoms with Crippen LogP contribution in [0.3, 0.4) is 0 Å². The smallest absolute Gasteiger partial charge is 0.228 e. The Morgan fingerprint density at radius 3 is 2.82 bits per heavy atom. The van der Waals surface area contributed by atoms with Crippen molar-refractivity contribution in [1.82, 2.24) is 14.8 Å². The molecule has 0 radical (unpaired) electrons. The van der Waals surface area contributed by atoms with Crippen LogP contribution in [0.5, 0.6) is 0 Å². The van der Waals surface area contributed by atoms with E-state index in [-0.39, 0.29) is 0 Å². The van der Waals surface area contributed by atoms with Gasteiger partial charge in [-0.15, -0.1) is 10.2 Å². The predicted molar refractivity (Wildman–Crippen MR) is 87.7 cm³/mol. The number of hydrogen-bond acceptors (Lipinski definition) is 6. The molecule has 0 saturated carbocycles. The maximum Gasteiger partial charge on any atom is 0.228 e. The lowest BCUT2D eigenvalue weighted by molar-refractivity contribution is 0.0942. The van der Waals surface area contributed by atoms with Crippen molar-refractivity contribution >= 4 is 17.7 Å². The summed E-state index contributed by atoms with van der Waals surface area (Å²) in [7, 11) is 0. The van der Waals surface area contributed by atoms with Gasteiger partial charge in [-0.3, -0.25) is 4.57 Å². The summed E-state index contributed by atoms with van der Waals surface area (Å²) in [4.78, 5) is 2.29. The van der Waals surface area contributed by atoms with Crippen LogP contribution in [-0.2, 0) is 16.0 Å². The van der Waals surface area contributed by atoms with E-state index in [0.717, 1.165) is 69.2 Å². The highest BCUT2D eigenvalue weighted by Gasteiger charge is 2.24. The van der Waals surface area contributed by atoms with Gasteiger partial charge in [0.05, 0.1) is 25.9 Å². The Labute approximate surface area is 136 Å². The zero-order valence-corrected chi connectivity index (χ0v) is 14.2. The van der Waals surface area contributed by atoms with Gasteiger partial charge in [0.25, 0.3) is 0 Å². The minimum atomic E-state index is 0.307. The minimum absolute atomic E-state index is 0.307. The molecule has 0 amide bonds. The van der Waals surface area contributed by atoms with Crippen molar-refractivity contribution < 1.29 is 9.47 Å². The highest BCUT2D eigenvalue weighted by Crippen LogP contribution is 2.26. The molecule has 0 aliphatic carbocycles. The maximum atomic E-state index is 5.82. The second-order valence-corrected chi connectivity index (χ2v) is 6.89. The van der Waals surface area contributed by atoms with Gasteiger partial charge in [0.15, 0.2) is 5.16 Å². The molecule has 6 nitrogen and oxygen atoms in total. The van der Waals surface area contributed by atoms with Gasteiger partial charge in [0.1, 0.15) is 0 Å². The number of nitrogens with zero attached hydrogens (tertiary/aromatic N) is 4. The van der Waals surface area contributed by atoms with Gasteiger partial charge in [0.2, 0.25) is 5.95 Å². The van der Waals surface area contributed by atoms with Crippen molar-refractivity contribution in [3.8, 4) is 0 Å². The first-order chi connectivity index (χ1) is 10.9.